The molecule has 1 heterocycles. The van der Waals surface area contributed by atoms with Crippen LogP contribution >= 0.6 is 0 Å². The minimum absolute atomic E-state index is 0.105. The summed E-state index contributed by atoms with van der Waals surface area (Å²) < 4.78 is 0. The standard InChI is InChI=1S/C24H31N3O3/c1-23(20(25)28)18(13-27(22(23)30)12-14-5-3-2-4-6-14)19-16-7-15-8-17(19)11-24(9-15,10-16)21(26)29/h2-6,15-19H,7-13H2,1H3,(H2,25,28)(H2,26,29). The van der Waals surface area contributed by atoms with Crippen LogP contribution in [0.2, 0.25) is 0 Å². The van der Waals surface area contributed by atoms with Crippen molar-refractivity contribution in [2.45, 2.75) is 45.6 Å². The predicted octanol–water partition coefficient (Wildman–Crippen LogP) is 2.06. The lowest BCUT2D eigenvalue weighted by molar-refractivity contribution is -0.161. The van der Waals surface area contributed by atoms with E-state index in [-0.39, 0.29) is 29.1 Å². The summed E-state index contributed by atoms with van der Waals surface area (Å²) >= 11 is 0. The van der Waals surface area contributed by atoms with Gasteiger partial charge in [0.2, 0.25) is 17.7 Å². The maximum atomic E-state index is 13.4. The fraction of sp³-hybridized carbons (Fsp3) is 0.625. The van der Waals surface area contributed by atoms with Gasteiger partial charge in [0.05, 0.1) is 0 Å². The van der Waals surface area contributed by atoms with Gasteiger partial charge in [0.25, 0.3) is 0 Å². The summed E-state index contributed by atoms with van der Waals surface area (Å²) in [6, 6.07) is 9.88. The van der Waals surface area contributed by atoms with Crippen LogP contribution in [-0.4, -0.2) is 29.2 Å². The normalized spacial score (nSPS) is 42.0. The van der Waals surface area contributed by atoms with Crippen molar-refractivity contribution in [3.8, 4) is 0 Å². The van der Waals surface area contributed by atoms with E-state index in [2.05, 4.69) is 0 Å². The lowest BCUT2D eigenvalue weighted by atomic mass is 9.43. The highest BCUT2D eigenvalue weighted by Gasteiger charge is 2.65. The van der Waals surface area contributed by atoms with Crippen LogP contribution in [0.3, 0.4) is 0 Å². The Kier molecular flexibility index (Phi) is 4.28. The molecule has 1 aliphatic heterocycles. The smallest absolute Gasteiger partial charge is 0.238 e. The molecule has 6 rings (SSSR count). The van der Waals surface area contributed by atoms with Crippen LogP contribution in [0.15, 0.2) is 30.3 Å². The molecule has 4 unspecified atom stereocenters. The highest BCUT2D eigenvalue weighted by molar-refractivity contribution is 6.05. The molecule has 0 radical (unpaired) electrons. The van der Waals surface area contributed by atoms with E-state index in [1.807, 2.05) is 35.2 Å². The number of hydrogen-bond donors (Lipinski definition) is 2. The molecule has 3 amide bonds. The Morgan fingerprint density at radius 3 is 2.23 bits per heavy atom. The maximum Gasteiger partial charge on any atom is 0.238 e. The monoisotopic (exact) mass is 409 g/mol. The minimum atomic E-state index is -1.19. The first-order chi connectivity index (χ1) is 14.2. The molecule has 6 nitrogen and oxygen atoms in total. The molecule has 160 valence electrons. The summed E-state index contributed by atoms with van der Waals surface area (Å²) in [6.07, 6.45) is 4.68. The van der Waals surface area contributed by atoms with E-state index in [0.717, 1.165) is 37.7 Å². The van der Waals surface area contributed by atoms with Crippen molar-refractivity contribution in [1.29, 1.82) is 0 Å². The highest BCUT2D eigenvalue weighted by Crippen LogP contribution is 2.65. The summed E-state index contributed by atoms with van der Waals surface area (Å²) in [5.41, 5.74) is 11.2. The molecule has 5 fully saturated rings. The zero-order valence-corrected chi connectivity index (χ0v) is 17.5. The molecule has 30 heavy (non-hydrogen) atoms. The number of amides is 3. The first-order valence-corrected chi connectivity index (χ1v) is 11.2. The topological polar surface area (TPSA) is 106 Å². The molecule has 1 saturated heterocycles. The molecule has 1 aromatic rings. The molecular weight excluding hydrogens is 378 g/mol. The highest BCUT2D eigenvalue weighted by atomic mass is 16.2. The molecule has 6 heteroatoms. The fourth-order valence-electron chi connectivity index (χ4n) is 7.75. The molecular formula is C24H31N3O3. The van der Waals surface area contributed by atoms with Gasteiger partial charge in [0.1, 0.15) is 5.41 Å². The van der Waals surface area contributed by atoms with Gasteiger partial charge in [-0.05, 0) is 68.3 Å². The molecule has 1 aromatic carbocycles. The third-order valence-corrected chi connectivity index (χ3v) is 8.95. The summed E-state index contributed by atoms with van der Waals surface area (Å²) in [7, 11) is 0. The number of rotatable bonds is 5. The third-order valence-electron chi connectivity index (χ3n) is 8.95. The Morgan fingerprint density at radius 1 is 1.03 bits per heavy atom. The third kappa shape index (κ3) is 2.65. The second-order valence-corrected chi connectivity index (χ2v) is 10.5. The summed E-state index contributed by atoms with van der Waals surface area (Å²) in [5.74, 6) is 0.541. The van der Waals surface area contributed by atoms with Crippen LogP contribution in [0, 0.1) is 40.4 Å². The zero-order chi connectivity index (χ0) is 21.3. The zero-order valence-electron chi connectivity index (χ0n) is 17.5. The van der Waals surface area contributed by atoms with Gasteiger partial charge in [-0.2, -0.15) is 0 Å². The first-order valence-electron chi connectivity index (χ1n) is 11.2. The van der Waals surface area contributed by atoms with Crippen molar-refractivity contribution in [1.82, 2.24) is 4.90 Å². The number of hydrogen-bond acceptors (Lipinski definition) is 3. The summed E-state index contributed by atoms with van der Waals surface area (Å²) in [5, 5.41) is 0. The number of carbonyl (C=O) groups is 3. The van der Waals surface area contributed by atoms with Crippen molar-refractivity contribution >= 4 is 17.7 Å². The Labute approximate surface area is 177 Å². The molecule has 4 aliphatic carbocycles. The van der Waals surface area contributed by atoms with Crippen LogP contribution < -0.4 is 11.5 Å². The quantitative estimate of drug-likeness (QED) is 0.727. The van der Waals surface area contributed by atoms with Gasteiger partial charge in [-0.1, -0.05) is 30.3 Å². The van der Waals surface area contributed by atoms with Crippen LogP contribution in [0.1, 0.15) is 44.6 Å². The van der Waals surface area contributed by atoms with Crippen molar-refractivity contribution in [3.63, 3.8) is 0 Å². The van der Waals surface area contributed by atoms with E-state index in [1.165, 1.54) is 0 Å². The van der Waals surface area contributed by atoms with Crippen LogP contribution in [0.4, 0.5) is 0 Å². The van der Waals surface area contributed by atoms with E-state index in [1.54, 1.807) is 6.92 Å². The average Bonchev–Trinajstić information content (AvgIpc) is 2.94. The lowest BCUT2D eigenvalue weighted by Crippen LogP contribution is -2.59. The Balaban J connectivity index is 1.46. The van der Waals surface area contributed by atoms with E-state index >= 15 is 0 Å². The van der Waals surface area contributed by atoms with Crippen LogP contribution in [0.25, 0.3) is 0 Å². The van der Waals surface area contributed by atoms with Crippen molar-refractivity contribution < 1.29 is 14.4 Å². The number of nitrogens with zero attached hydrogens (tertiary/aromatic N) is 1. The van der Waals surface area contributed by atoms with E-state index in [0.29, 0.717) is 30.8 Å². The average molecular weight is 410 g/mol. The second kappa shape index (κ2) is 6.56. The molecule has 4 bridgehead atoms. The first kappa shape index (κ1) is 19.6. The van der Waals surface area contributed by atoms with Gasteiger partial charge >= 0.3 is 0 Å². The summed E-state index contributed by atoms with van der Waals surface area (Å²) in [6.45, 7) is 2.80. The molecule has 0 spiro atoms. The molecule has 4 N–H and O–H groups in total. The van der Waals surface area contributed by atoms with E-state index in [4.69, 9.17) is 11.5 Å². The molecule has 0 aromatic heterocycles. The number of primary amides is 2. The lowest BCUT2D eigenvalue weighted by Gasteiger charge is -2.61. The van der Waals surface area contributed by atoms with Crippen molar-refractivity contribution in [3.05, 3.63) is 35.9 Å². The van der Waals surface area contributed by atoms with Crippen molar-refractivity contribution in [2.75, 3.05) is 6.54 Å². The molecule has 5 aliphatic rings. The van der Waals surface area contributed by atoms with Gasteiger partial charge in [-0.3, -0.25) is 14.4 Å². The Hall–Kier alpha value is -2.37. The Morgan fingerprint density at radius 2 is 1.67 bits per heavy atom. The van der Waals surface area contributed by atoms with Gasteiger partial charge in [-0.25, -0.2) is 0 Å². The maximum absolute atomic E-state index is 13.4. The second-order valence-electron chi connectivity index (χ2n) is 10.5. The molecule has 4 atom stereocenters. The fourth-order valence-corrected chi connectivity index (χ4v) is 7.75. The van der Waals surface area contributed by atoms with Gasteiger partial charge < -0.3 is 16.4 Å². The van der Waals surface area contributed by atoms with Gasteiger partial charge in [-0.15, -0.1) is 0 Å². The number of likely N-dealkylation sites (tertiary alicyclic amines) is 1. The van der Waals surface area contributed by atoms with Gasteiger partial charge in [0, 0.05) is 24.4 Å². The van der Waals surface area contributed by atoms with Crippen LogP contribution in [-0.2, 0) is 20.9 Å². The van der Waals surface area contributed by atoms with Crippen LogP contribution in [0.5, 0.6) is 0 Å². The van der Waals surface area contributed by atoms with E-state index in [9.17, 15) is 14.4 Å². The number of benzene rings is 1. The Bertz CT molecular complexity index is 884. The van der Waals surface area contributed by atoms with Crippen molar-refractivity contribution in [2.24, 2.45) is 51.9 Å². The number of nitrogens with two attached hydrogens (primary N) is 2. The number of carbonyl (C=O) groups excluding carboxylic acids is 3. The largest absolute Gasteiger partial charge is 0.369 e. The van der Waals surface area contributed by atoms with Gasteiger partial charge in [0.15, 0.2) is 0 Å². The van der Waals surface area contributed by atoms with E-state index < -0.39 is 11.3 Å². The minimum Gasteiger partial charge on any atom is -0.369 e. The molecule has 4 saturated carbocycles. The summed E-state index contributed by atoms with van der Waals surface area (Å²) in [4.78, 5) is 40.2. The predicted molar refractivity (Wildman–Crippen MR) is 111 cm³/mol. The SMILES string of the molecule is CC1(C(N)=O)C(=O)N(Cc2ccccc2)CC1C1C2CC3CC1CC(C(N)=O)(C3)C2.